The second-order valence-corrected chi connectivity index (χ2v) is 19.9. The molecule has 28 nitrogen and oxygen atoms in total. The van der Waals surface area contributed by atoms with E-state index in [4.69, 9.17) is 24.7 Å². The number of carbonyl (C=O) groups is 9. The highest BCUT2D eigenvalue weighted by Crippen LogP contribution is 2.52. The number of hydrogen-bond acceptors (Lipinski definition) is 22. The Balaban J connectivity index is 1.17. The molecule has 2 aliphatic carbocycles. The van der Waals surface area contributed by atoms with E-state index >= 15 is 0 Å². The van der Waals surface area contributed by atoms with Gasteiger partial charge < -0.3 is 97.2 Å². The molecule has 0 radical (unpaired) electrons. The number of ketones is 3. The van der Waals surface area contributed by atoms with E-state index in [1.165, 1.54) is 46.1 Å². The highest BCUT2D eigenvalue weighted by molar-refractivity contribution is 6.31. The molecule has 2 aliphatic heterocycles. The van der Waals surface area contributed by atoms with Crippen molar-refractivity contribution in [3.63, 3.8) is 0 Å². The van der Waals surface area contributed by atoms with Crippen molar-refractivity contribution in [2.45, 2.75) is 158 Å². The van der Waals surface area contributed by atoms with E-state index in [1.54, 1.807) is 13.8 Å². The molecule has 0 spiro atoms. The molecule has 0 saturated carbocycles. The number of fused-ring (bicyclic) bond motifs is 3. The Kier molecular flexibility index (Phi) is 18.5. The van der Waals surface area contributed by atoms with Crippen LogP contribution in [0.2, 0.25) is 0 Å². The molecule has 422 valence electrons. The average molecular weight is 1090 g/mol. The second kappa shape index (κ2) is 23.9. The molecular formula is C49H64N6O22. The van der Waals surface area contributed by atoms with Crippen LogP contribution in [0.4, 0.5) is 0 Å². The molecule has 2 heterocycles. The fraction of sp³-hybridized carbons (Fsp3) is 0.571. The van der Waals surface area contributed by atoms with Gasteiger partial charge in [0.15, 0.2) is 30.3 Å². The lowest BCUT2D eigenvalue weighted by molar-refractivity contribution is -0.275. The number of phenols is 2. The van der Waals surface area contributed by atoms with Crippen molar-refractivity contribution >= 4 is 52.8 Å². The first kappa shape index (κ1) is 59.5. The summed E-state index contributed by atoms with van der Waals surface area (Å²) >= 11 is 0. The molecule has 2 saturated heterocycles. The van der Waals surface area contributed by atoms with Gasteiger partial charge in [0.25, 0.3) is 5.91 Å². The summed E-state index contributed by atoms with van der Waals surface area (Å²) in [6.45, 7) is 5.97. The number of rotatable bonds is 19. The summed E-state index contributed by atoms with van der Waals surface area (Å²) in [5.74, 6) is -11.2. The summed E-state index contributed by atoms with van der Waals surface area (Å²) in [6, 6.07) is -3.21. The van der Waals surface area contributed by atoms with Gasteiger partial charge in [-0.05, 0) is 39.2 Å². The molecule has 4 aliphatic rings. The van der Waals surface area contributed by atoms with Gasteiger partial charge >= 0.3 is 0 Å². The van der Waals surface area contributed by atoms with E-state index in [1.807, 2.05) is 0 Å². The molecule has 16 N–H and O–H groups in total. The van der Waals surface area contributed by atoms with Crippen molar-refractivity contribution in [1.82, 2.24) is 26.6 Å². The van der Waals surface area contributed by atoms with Crippen LogP contribution in [0.25, 0.3) is 0 Å². The predicted molar refractivity (Wildman–Crippen MR) is 257 cm³/mol. The molecule has 6 rings (SSSR count). The number of aliphatic hydroxyl groups excluding tert-OH is 6. The first-order valence-corrected chi connectivity index (χ1v) is 24.5. The summed E-state index contributed by atoms with van der Waals surface area (Å²) in [7, 11) is 1.25. The maximum Gasteiger partial charge on any atom is 0.252 e. The Labute approximate surface area is 438 Å². The van der Waals surface area contributed by atoms with E-state index in [9.17, 15) is 89.1 Å². The van der Waals surface area contributed by atoms with Crippen molar-refractivity contribution in [1.29, 1.82) is 0 Å². The van der Waals surface area contributed by atoms with E-state index in [2.05, 4.69) is 26.6 Å². The molecule has 28 heteroatoms. The highest BCUT2D eigenvalue weighted by Gasteiger charge is 2.51. The predicted octanol–water partition coefficient (Wildman–Crippen LogP) is -5.14. The minimum absolute atomic E-state index is 0.0149. The SMILES string of the molecule is COc1cccc2c1C(=O)c1c(O)c3c(c(O)c1C2=O)C[C@@](O)(C(=O)CO)C[C@@H]3O[C@H]1CC(NC(=O)C(CC(C)C)NC(=O)C(CC(N)=O)NC(=O)C(C)NC(=O)C(C)NC(=O)C2OC(O)C(O)C(O)C2O)[C@@H](O)C(C)O1. The standard InChI is InChI=1S/C49H64N6O22/c1-16(2)10-23(55-46(70)24(11-28(50)58)54-44(68)18(4)51-43(67)17(3)52-47(71)42-40(65)39(64)41(66)48(72)77-42)45(69)53-22-12-29(75-19(5)34(22)59)76-26-14-49(73,27(57)15-56)13-21-31(26)38(63)33-32(36(21)61)35(60)20-8-7-9-25(74-6)30(20)37(33)62/h7-9,16-19,22-24,26,29,34,39-42,48,56,59,61,63-66,72-73H,10-15H2,1-6H3,(H2,50,58)(H,51,67)(H,52,71)(H,53,69)(H,54,68)(H,55,70)/t17?,18?,19?,22?,23?,24?,26-,29-,34-,39?,40?,41?,42?,48?,49-/m0/s1. The van der Waals surface area contributed by atoms with Gasteiger partial charge in [-0.15, -0.1) is 0 Å². The molecule has 0 aromatic heterocycles. The fourth-order valence-electron chi connectivity index (χ4n) is 9.67. The Hall–Kier alpha value is -6.73. The van der Waals surface area contributed by atoms with Gasteiger partial charge in [-0.1, -0.05) is 26.0 Å². The van der Waals surface area contributed by atoms with Gasteiger partial charge in [-0.2, -0.15) is 0 Å². The quantitative estimate of drug-likeness (QED) is 0.0499. The second-order valence-electron chi connectivity index (χ2n) is 19.9. The molecule has 2 fully saturated rings. The number of ether oxygens (including phenoxy) is 4. The molecule has 15 atom stereocenters. The zero-order chi connectivity index (χ0) is 57.3. The van der Waals surface area contributed by atoms with Crippen LogP contribution in [0.1, 0.15) is 109 Å². The van der Waals surface area contributed by atoms with E-state index < -0.39 is 199 Å². The van der Waals surface area contributed by atoms with Crippen LogP contribution in [-0.4, -0.2) is 197 Å². The number of nitrogens with one attached hydrogen (secondary N) is 5. The van der Waals surface area contributed by atoms with Crippen LogP contribution >= 0.6 is 0 Å². The topological polar surface area (TPSA) is 459 Å². The monoisotopic (exact) mass is 1090 g/mol. The van der Waals surface area contributed by atoms with Crippen LogP contribution in [0.15, 0.2) is 18.2 Å². The lowest BCUT2D eigenvalue weighted by Crippen LogP contribution is -2.63. The largest absolute Gasteiger partial charge is 0.507 e. The number of phenolic OH excluding ortho intramolecular Hbond substituents is 2. The van der Waals surface area contributed by atoms with Crippen LogP contribution in [-0.2, 0) is 54.2 Å². The lowest BCUT2D eigenvalue weighted by atomic mass is 9.72. The van der Waals surface area contributed by atoms with Crippen LogP contribution in [0.5, 0.6) is 17.2 Å². The third-order valence-corrected chi connectivity index (χ3v) is 13.8. The molecule has 2 aromatic rings. The minimum Gasteiger partial charge on any atom is -0.507 e. The maximum absolute atomic E-state index is 14.1. The third kappa shape index (κ3) is 12.4. The zero-order valence-corrected chi connectivity index (χ0v) is 42.5. The van der Waals surface area contributed by atoms with E-state index in [0.717, 1.165) is 0 Å². The molecule has 2 aromatic carbocycles. The molecule has 77 heavy (non-hydrogen) atoms. The van der Waals surface area contributed by atoms with Gasteiger partial charge in [0.2, 0.25) is 35.3 Å². The summed E-state index contributed by atoms with van der Waals surface area (Å²) in [6.07, 6.45) is -18.4. The zero-order valence-electron chi connectivity index (χ0n) is 42.5. The van der Waals surface area contributed by atoms with Crippen LogP contribution < -0.4 is 37.1 Å². The van der Waals surface area contributed by atoms with Gasteiger partial charge in [0.05, 0.1) is 48.5 Å². The first-order valence-electron chi connectivity index (χ1n) is 24.5. The number of carbonyl (C=O) groups excluding carboxylic acids is 9. The van der Waals surface area contributed by atoms with Crippen LogP contribution in [0.3, 0.4) is 0 Å². The molecular weight excluding hydrogens is 1020 g/mol. The molecule has 11 unspecified atom stereocenters. The average Bonchev–Trinajstić information content (AvgIpc) is 3.46. The fourth-order valence-corrected chi connectivity index (χ4v) is 9.67. The minimum atomic E-state index is -2.49. The molecule has 0 bridgehead atoms. The number of hydrogen-bond donors (Lipinski definition) is 15. The number of aromatic hydroxyl groups is 2. The number of amides is 6. The number of methoxy groups -OCH3 is 1. The highest BCUT2D eigenvalue weighted by atomic mass is 16.7. The van der Waals surface area contributed by atoms with E-state index in [0.29, 0.717) is 0 Å². The van der Waals surface area contributed by atoms with Crippen molar-refractivity contribution in [3.05, 3.63) is 51.6 Å². The number of aliphatic hydroxyl groups is 7. The molecule has 6 amide bonds. The number of primary amides is 1. The number of Topliss-reactive ketones (excluding diaryl/α,β-unsaturated/α-hetero) is 1. The van der Waals surface area contributed by atoms with E-state index in [-0.39, 0.29) is 40.3 Å². The van der Waals surface area contributed by atoms with Gasteiger partial charge in [-0.3, -0.25) is 43.2 Å². The van der Waals surface area contributed by atoms with Gasteiger partial charge in [0.1, 0.15) is 78.0 Å². The maximum atomic E-state index is 14.1. The lowest BCUT2D eigenvalue weighted by Gasteiger charge is -2.43. The number of benzene rings is 2. The Morgan fingerprint density at radius 3 is 2.03 bits per heavy atom. The Morgan fingerprint density at radius 2 is 1.40 bits per heavy atom. The summed E-state index contributed by atoms with van der Waals surface area (Å²) in [5, 5.41) is 108. The Bertz CT molecular complexity index is 2690. The van der Waals surface area contributed by atoms with Crippen molar-refractivity contribution < 1.29 is 108 Å². The van der Waals surface area contributed by atoms with Gasteiger partial charge in [0, 0.05) is 36.0 Å². The van der Waals surface area contributed by atoms with Crippen LogP contribution in [0, 0.1) is 5.92 Å². The van der Waals surface area contributed by atoms with Crippen molar-refractivity contribution in [2.75, 3.05) is 13.7 Å². The van der Waals surface area contributed by atoms with Crippen molar-refractivity contribution in [3.8, 4) is 17.2 Å². The van der Waals surface area contributed by atoms with Gasteiger partial charge in [-0.25, -0.2) is 0 Å². The smallest absolute Gasteiger partial charge is 0.252 e. The number of nitrogens with two attached hydrogens (primary N) is 1. The first-order chi connectivity index (χ1) is 36.0. The van der Waals surface area contributed by atoms with Crippen molar-refractivity contribution in [2.24, 2.45) is 11.7 Å². The Morgan fingerprint density at radius 1 is 0.779 bits per heavy atom. The summed E-state index contributed by atoms with van der Waals surface area (Å²) in [5.41, 5.74) is 0.628. The summed E-state index contributed by atoms with van der Waals surface area (Å²) in [4.78, 5) is 120. The summed E-state index contributed by atoms with van der Waals surface area (Å²) < 4.78 is 22.4. The normalized spacial score (nSPS) is 28.3. The third-order valence-electron chi connectivity index (χ3n) is 13.8.